The molecule has 154 valence electrons. The SMILES string of the molecule is CCC1(C(=O)O)C(N=CN(C)C)c2cc(Br)c(C)cc2N1C(=O)OC(C)(C)C. The zero-order valence-corrected chi connectivity index (χ0v) is 19.0. The highest BCUT2D eigenvalue weighted by Gasteiger charge is 2.60. The van der Waals surface area contributed by atoms with E-state index in [0.29, 0.717) is 11.3 Å². The number of hydrogen-bond donors (Lipinski definition) is 1. The van der Waals surface area contributed by atoms with Gasteiger partial charge in [-0.15, -0.1) is 0 Å². The van der Waals surface area contributed by atoms with Crippen molar-refractivity contribution in [1.82, 2.24) is 4.90 Å². The molecule has 0 radical (unpaired) electrons. The average Bonchev–Trinajstić information content (AvgIpc) is 2.81. The van der Waals surface area contributed by atoms with E-state index in [2.05, 4.69) is 20.9 Å². The van der Waals surface area contributed by atoms with E-state index >= 15 is 0 Å². The number of carbonyl (C=O) groups is 2. The minimum absolute atomic E-state index is 0.169. The largest absolute Gasteiger partial charge is 0.479 e. The first-order valence-electron chi connectivity index (χ1n) is 9.11. The van der Waals surface area contributed by atoms with Gasteiger partial charge in [0.1, 0.15) is 11.6 Å². The molecule has 2 atom stereocenters. The van der Waals surface area contributed by atoms with E-state index < -0.39 is 29.2 Å². The van der Waals surface area contributed by atoms with E-state index in [1.807, 2.05) is 33.2 Å². The third-order valence-electron chi connectivity index (χ3n) is 4.63. The number of aliphatic carboxylic acids is 1. The number of carbonyl (C=O) groups excluding carboxylic acids is 1. The molecule has 1 aliphatic heterocycles. The predicted molar refractivity (Wildman–Crippen MR) is 113 cm³/mol. The Labute approximate surface area is 174 Å². The van der Waals surface area contributed by atoms with Crippen molar-refractivity contribution in [3.63, 3.8) is 0 Å². The number of ether oxygens (including phenoxy) is 1. The lowest BCUT2D eigenvalue weighted by Gasteiger charge is -2.37. The standard InChI is InChI=1S/C20H28BrN3O4/c1-8-20(17(25)26)16(22-11-23(6)7)13-10-14(21)12(2)9-15(13)24(20)18(27)28-19(3,4)5/h9-11,16H,8H2,1-7H3,(H,25,26). The van der Waals surface area contributed by atoms with Crippen LogP contribution < -0.4 is 4.90 Å². The highest BCUT2D eigenvalue weighted by molar-refractivity contribution is 9.10. The molecule has 1 aliphatic rings. The van der Waals surface area contributed by atoms with Crippen molar-refractivity contribution >= 4 is 40.0 Å². The van der Waals surface area contributed by atoms with Crippen LogP contribution in [0.25, 0.3) is 0 Å². The molecule has 1 aromatic rings. The van der Waals surface area contributed by atoms with Gasteiger partial charge in [-0.25, -0.2) is 9.59 Å². The summed E-state index contributed by atoms with van der Waals surface area (Å²) in [6.07, 6.45) is 1.05. The first-order chi connectivity index (χ1) is 12.8. The number of aryl methyl sites for hydroxylation is 1. The summed E-state index contributed by atoms with van der Waals surface area (Å²) in [4.78, 5) is 33.3. The van der Waals surface area contributed by atoms with Crippen molar-refractivity contribution in [2.24, 2.45) is 4.99 Å². The molecule has 0 bridgehead atoms. The van der Waals surface area contributed by atoms with Crippen LogP contribution in [-0.2, 0) is 9.53 Å². The summed E-state index contributed by atoms with van der Waals surface area (Å²) < 4.78 is 6.41. The molecule has 0 saturated carbocycles. The molecule has 28 heavy (non-hydrogen) atoms. The van der Waals surface area contributed by atoms with Gasteiger partial charge in [0.05, 0.1) is 12.0 Å². The molecule has 1 aromatic carbocycles. The van der Waals surface area contributed by atoms with E-state index in [-0.39, 0.29) is 6.42 Å². The number of halogens is 1. The van der Waals surface area contributed by atoms with Gasteiger partial charge in [-0.3, -0.25) is 9.89 Å². The molecule has 1 amide bonds. The van der Waals surface area contributed by atoms with Gasteiger partial charge in [-0.1, -0.05) is 22.9 Å². The molecular formula is C20H28BrN3O4. The van der Waals surface area contributed by atoms with Crippen molar-refractivity contribution in [3.8, 4) is 0 Å². The van der Waals surface area contributed by atoms with E-state index in [9.17, 15) is 14.7 Å². The Balaban J connectivity index is 2.79. The fourth-order valence-corrected chi connectivity index (χ4v) is 3.74. The molecule has 0 fully saturated rings. The van der Waals surface area contributed by atoms with Gasteiger partial charge in [0.15, 0.2) is 5.54 Å². The number of carboxylic acids is 1. The second-order valence-electron chi connectivity index (χ2n) is 8.19. The van der Waals surface area contributed by atoms with Crippen LogP contribution in [0.2, 0.25) is 0 Å². The fourth-order valence-electron chi connectivity index (χ4n) is 3.38. The molecular weight excluding hydrogens is 426 g/mol. The van der Waals surface area contributed by atoms with Crippen LogP contribution in [0.4, 0.5) is 10.5 Å². The second kappa shape index (κ2) is 7.73. The maximum Gasteiger partial charge on any atom is 0.415 e. The molecule has 1 heterocycles. The van der Waals surface area contributed by atoms with Crippen molar-refractivity contribution in [1.29, 1.82) is 0 Å². The topological polar surface area (TPSA) is 82.4 Å². The number of carboxylic acid groups (broad SMARTS) is 1. The van der Waals surface area contributed by atoms with Crippen LogP contribution in [0.3, 0.4) is 0 Å². The maximum absolute atomic E-state index is 13.1. The van der Waals surface area contributed by atoms with Crippen LogP contribution in [0, 0.1) is 6.92 Å². The number of anilines is 1. The lowest BCUT2D eigenvalue weighted by molar-refractivity contribution is -0.144. The van der Waals surface area contributed by atoms with Gasteiger partial charge in [0.2, 0.25) is 0 Å². The number of rotatable bonds is 4. The molecule has 8 heteroatoms. The molecule has 1 N–H and O–H groups in total. The zero-order chi connectivity index (χ0) is 21.4. The molecule has 0 aliphatic carbocycles. The molecule has 0 aromatic heterocycles. The minimum atomic E-state index is -1.58. The maximum atomic E-state index is 13.1. The van der Waals surface area contributed by atoms with Crippen molar-refractivity contribution in [3.05, 3.63) is 27.7 Å². The number of hydrogen-bond acceptors (Lipinski definition) is 4. The van der Waals surface area contributed by atoms with Gasteiger partial charge >= 0.3 is 12.1 Å². The van der Waals surface area contributed by atoms with E-state index in [1.165, 1.54) is 4.90 Å². The number of benzene rings is 1. The molecule has 2 rings (SSSR count). The molecule has 2 unspecified atom stereocenters. The monoisotopic (exact) mass is 453 g/mol. The third kappa shape index (κ3) is 3.87. The van der Waals surface area contributed by atoms with Crippen molar-refractivity contribution in [2.45, 2.75) is 58.2 Å². The number of amides is 1. The summed E-state index contributed by atoms with van der Waals surface area (Å²) in [6, 6.07) is 2.89. The first-order valence-corrected chi connectivity index (χ1v) is 9.90. The Morgan fingerprint density at radius 1 is 1.39 bits per heavy atom. The minimum Gasteiger partial charge on any atom is -0.479 e. The summed E-state index contributed by atoms with van der Waals surface area (Å²) in [5.74, 6) is -1.12. The van der Waals surface area contributed by atoms with Crippen LogP contribution in [-0.4, -0.2) is 53.6 Å². The van der Waals surface area contributed by atoms with E-state index in [0.717, 1.165) is 10.0 Å². The number of nitrogens with zero attached hydrogens (tertiary/aromatic N) is 3. The average molecular weight is 454 g/mol. The fraction of sp³-hybridized carbons (Fsp3) is 0.550. The van der Waals surface area contributed by atoms with E-state index in [1.54, 1.807) is 38.9 Å². The normalized spacial score (nSPS) is 21.7. The highest BCUT2D eigenvalue weighted by atomic mass is 79.9. The number of fused-ring (bicyclic) bond motifs is 1. The Morgan fingerprint density at radius 2 is 2.00 bits per heavy atom. The molecule has 7 nitrogen and oxygen atoms in total. The zero-order valence-electron chi connectivity index (χ0n) is 17.4. The number of aliphatic imine (C=N–C) groups is 1. The van der Waals surface area contributed by atoms with Crippen molar-refractivity contribution < 1.29 is 19.4 Å². The van der Waals surface area contributed by atoms with Gasteiger partial charge < -0.3 is 14.7 Å². The second-order valence-corrected chi connectivity index (χ2v) is 9.04. The summed E-state index contributed by atoms with van der Waals surface area (Å²) in [6.45, 7) is 8.90. The Hall–Kier alpha value is -2.09. The van der Waals surface area contributed by atoms with Gasteiger partial charge in [0.25, 0.3) is 0 Å². The summed E-state index contributed by atoms with van der Waals surface area (Å²) in [7, 11) is 3.62. The Bertz CT molecular complexity index is 816. The molecule has 0 saturated heterocycles. The Morgan fingerprint density at radius 3 is 2.46 bits per heavy atom. The molecule has 0 spiro atoms. The van der Waals surface area contributed by atoms with Crippen LogP contribution in [0.1, 0.15) is 51.3 Å². The summed E-state index contributed by atoms with van der Waals surface area (Å²) in [5, 5.41) is 10.3. The first kappa shape index (κ1) is 22.2. The van der Waals surface area contributed by atoms with Gasteiger partial charge in [0, 0.05) is 24.1 Å². The van der Waals surface area contributed by atoms with E-state index in [4.69, 9.17) is 4.74 Å². The lowest BCUT2D eigenvalue weighted by Crippen LogP contribution is -2.58. The highest BCUT2D eigenvalue weighted by Crippen LogP contribution is 2.52. The summed E-state index contributed by atoms with van der Waals surface area (Å²) >= 11 is 3.51. The summed E-state index contributed by atoms with van der Waals surface area (Å²) in [5.41, 5.74) is -0.264. The Kier molecular flexibility index (Phi) is 6.13. The predicted octanol–water partition coefficient (Wildman–Crippen LogP) is 4.38. The van der Waals surface area contributed by atoms with Crippen LogP contribution in [0.15, 0.2) is 21.6 Å². The quantitative estimate of drug-likeness (QED) is 0.540. The van der Waals surface area contributed by atoms with Crippen molar-refractivity contribution in [2.75, 3.05) is 19.0 Å². The third-order valence-corrected chi connectivity index (χ3v) is 5.48. The van der Waals surface area contributed by atoms with Gasteiger partial charge in [-0.2, -0.15) is 0 Å². The smallest absolute Gasteiger partial charge is 0.415 e. The van der Waals surface area contributed by atoms with Crippen LogP contribution in [0.5, 0.6) is 0 Å². The van der Waals surface area contributed by atoms with Gasteiger partial charge in [-0.05, 0) is 51.8 Å². The van der Waals surface area contributed by atoms with Crippen LogP contribution >= 0.6 is 15.9 Å². The lowest BCUT2D eigenvalue weighted by atomic mass is 9.86.